The average molecular weight is 229 g/mol. The summed E-state index contributed by atoms with van der Waals surface area (Å²) in [5, 5.41) is 1.16. The first-order valence-electron chi connectivity index (χ1n) is 4.61. The van der Waals surface area contributed by atoms with E-state index < -0.39 is 0 Å². The first-order chi connectivity index (χ1) is 6.59. The average Bonchev–Trinajstić information content (AvgIpc) is 2.12. The zero-order chi connectivity index (χ0) is 10.3. The number of rotatable bonds is 0. The Labute approximate surface area is 93.0 Å². The van der Waals surface area contributed by atoms with Crippen LogP contribution in [-0.2, 0) is 6.42 Å². The summed E-state index contributed by atoms with van der Waals surface area (Å²) >= 11 is 11.9. The molecule has 1 atom stereocenters. The molecule has 1 aliphatic rings. The van der Waals surface area contributed by atoms with E-state index in [1.165, 1.54) is 0 Å². The fourth-order valence-corrected chi connectivity index (χ4v) is 2.42. The molecule has 0 saturated carbocycles. The minimum Gasteiger partial charge on any atom is -0.294 e. The quantitative estimate of drug-likeness (QED) is 0.661. The molecule has 0 aliphatic heterocycles. The third kappa shape index (κ3) is 1.55. The number of carbonyl (C=O) groups is 1. The van der Waals surface area contributed by atoms with Crippen molar-refractivity contribution >= 4 is 29.0 Å². The van der Waals surface area contributed by atoms with Gasteiger partial charge in [-0.1, -0.05) is 30.1 Å². The van der Waals surface area contributed by atoms with Gasteiger partial charge in [-0.2, -0.15) is 0 Å². The summed E-state index contributed by atoms with van der Waals surface area (Å²) in [7, 11) is 0. The highest BCUT2D eigenvalue weighted by atomic mass is 35.5. The lowest BCUT2D eigenvalue weighted by Gasteiger charge is -2.21. The Morgan fingerprint density at radius 1 is 1.36 bits per heavy atom. The maximum atomic E-state index is 11.8. The van der Waals surface area contributed by atoms with E-state index in [9.17, 15) is 4.79 Å². The normalized spacial score (nSPS) is 20.8. The van der Waals surface area contributed by atoms with E-state index in [1.54, 1.807) is 12.1 Å². The minimum atomic E-state index is 0.0945. The maximum Gasteiger partial charge on any atom is 0.166 e. The highest BCUT2D eigenvalue weighted by Gasteiger charge is 2.25. The molecule has 0 N–H and O–H groups in total. The van der Waals surface area contributed by atoms with Gasteiger partial charge in [0.05, 0.1) is 0 Å². The molecule has 0 spiro atoms. The zero-order valence-corrected chi connectivity index (χ0v) is 9.32. The van der Waals surface area contributed by atoms with Crippen LogP contribution >= 0.6 is 23.2 Å². The SMILES string of the molecule is CC1CCc2c(Cl)cc(Cl)cc2C1=O. The second kappa shape index (κ2) is 3.56. The topological polar surface area (TPSA) is 17.1 Å². The van der Waals surface area contributed by atoms with Crippen LogP contribution in [-0.4, -0.2) is 5.78 Å². The van der Waals surface area contributed by atoms with Crippen molar-refractivity contribution in [2.75, 3.05) is 0 Å². The largest absolute Gasteiger partial charge is 0.294 e. The van der Waals surface area contributed by atoms with Gasteiger partial charge in [-0.05, 0) is 30.5 Å². The molecule has 14 heavy (non-hydrogen) atoms. The van der Waals surface area contributed by atoms with Crippen molar-refractivity contribution in [2.45, 2.75) is 19.8 Å². The van der Waals surface area contributed by atoms with Crippen molar-refractivity contribution in [2.24, 2.45) is 5.92 Å². The van der Waals surface area contributed by atoms with Crippen molar-refractivity contribution in [1.82, 2.24) is 0 Å². The van der Waals surface area contributed by atoms with E-state index in [-0.39, 0.29) is 11.7 Å². The van der Waals surface area contributed by atoms with Gasteiger partial charge in [0.25, 0.3) is 0 Å². The van der Waals surface area contributed by atoms with Crippen molar-refractivity contribution in [1.29, 1.82) is 0 Å². The molecule has 1 nitrogen and oxygen atoms in total. The summed E-state index contributed by atoms with van der Waals surface area (Å²) < 4.78 is 0. The van der Waals surface area contributed by atoms with Crippen LogP contribution in [0.4, 0.5) is 0 Å². The molecule has 1 aromatic rings. The molecule has 74 valence electrons. The molecule has 1 unspecified atom stereocenters. The van der Waals surface area contributed by atoms with Gasteiger partial charge in [0.1, 0.15) is 0 Å². The first kappa shape index (κ1) is 10.0. The van der Waals surface area contributed by atoms with Crippen molar-refractivity contribution in [3.05, 3.63) is 33.3 Å². The monoisotopic (exact) mass is 228 g/mol. The van der Waals surface area contributed by atoms with Gasteiger partial charge in [-0.15, -0.1) is 0 Å². The lowest BCUT2D eigenvalue weighted by atomic mass is 9.84. The van der Waals surface area contributed by atoms with Gasteiger partial charge >= 0.3 is 0 Å². The Morgan fingerprint density at radius 2 is 2.07 bits per heavy atom. The van der Waals surface area contributed by atoms with Crippen molar-refractivity contribution in [3.8, 4) is 0 Å². The lowest BCUT2D eigenvalue weighted by Crippen LogP contribution is -2.20. The van der Waals surface area contributed by atoms with E-state index in [4.69, 9.17) is 23.2 Å². The van der Waals surface area contributed by atoms with Gasteiger partial charge in [0.2, 0.25) is 0 Å². The number of hydrogen-bond acceptors (Lipinski definition) is 1. The number of hydrogen-bond donors (Lipinski definition) is 0. The summed E-state index contributed by atoms with van der Waals surface area (Å²) in [6.45, 7) is 1.94. The second-order valence-electron chi connectivity index (χ2n) is 3.72. The van der Waals surface area contributed by atoms with E-state index in [0.29, 0.717) is 15.6 Å². The Balaban J connectivity index is 2.60. The van der Waals surface area contributed by atoms with Crippen molar-refractivity contribution < 1.29 is 4.79 Å². The number of carbonyl (C=O) groups excluding carboxylic acids is 1. The minimum absolute atomic E-state index is 0.0945. The smallest absolute Gasteiger partial charge is 0.166 e. The summed E-state index contributed by atoms with van der Waals surface area (Å²) in [5.74, 6) is 0.257. The molecular weight excluding hydrogens is 219 g/mol. The predicted octanol–water partition coefficient (Wildman–Crippen LogP) is 3.76. The molecule has 0 radical (unpaired) electrons. The van der Waals surface area contributed by atoms with Crippen LogP contribution in [0.25, 0.3) is 0 Å². The van der Waals surface area contributed by atoms with Crippen LogP contribution in [0.1, 0.15) is 29.3 Å². The molecule has 2 rings (SSSR count). The summed E-state index contributed by atoms with van der Waals surface area (Å²) in [6.07, 6.45) is 1.76. The fraction of sp³-hybridized carbons (Fsp3) is 0.364. The van der Waals surface area contributed by atoms with Crippen LogP contribution in [0.2, 0.25) is 10.0 Å². The standard InChI is InChI=1S/C11H10Cl2O/c1-6-2-3-8-9(11(6)14)4-7(12)5-10(8)13/h4-6H,2-3H2,1H3. The van der Waals surface area contributed by atoms with Gasteiger partial charge in [-0.3, -0.25) is 4.79 Å². The third-order valence-corrected chi connectivity index (χ3v) is 3.26. The zero-order valence-electron chi connectivity index (χ0n) is 7.81. The number of halogens is 2. The molecular formula is C11H10Cl2O. The van der Waals surface area contributed by atoms with E-state index in [2.05, 4.69) is 0 Å². The summed E-state index contributed by atoms with van der Waals surface area (Å²) in [5.41, 5.74) is 1.67. The second-order valence-corrected chi connectivity index (χ2v) is 4.56. The molecule has 0 aromatic heterocycles. The Hall–Kier alpha value is -0.530. The molecule has 3 heteroatoms. The Bertz CT molecular complexity index is 399. The lowest BCUT2D eigenvalue weighted by molar-refractivity contribution is 0.0913. The first-order valence-corrected chi connectivity index (χ1v) is 5.37. The maximum absolute atomic E-state index is 11.8. The van der Waals surface area contributed by atoms with Gasteiger partial charge < -0.3 is 0 Å². The van der Waals surface area contributed by atoms with Crippen molar-refractivity contribution in [3.63, 3.8) is 0 Å². The van der Waals surface area contributed by atoms with Gasteiger partial charge in [0, 0.05) is 21.5 Å². The molecule has 0 bridgehead atoms. The number of Topliss-reactive ketones (excluding diaryl/α,β-unsaturated/α-hetero) is 1. The van der Waals surface area contributed by atoms with Gasteiger partial charge in [-0.25, -0.2) is 0 Å². The highest BCUT2D eigenvalue weighted by Crippen LogP contribution is 2.33. The third-order valence-electron chi connectivity index (χ3n) is 2.70. The highest BCUT2D eigenvalue weighted by molar-refractivity contribution is 6.36. The van der Waals surface area contributed by atoms with E-state index >= 15 is 0 Å². The molecule has 1 aliphatic carbocycles. The molecule has 0 saturated heterocycles. The van der Waals surface area contributed by atoms with Crippen LogP contribution in [0, 0.1) is 5.92 Å². The summed E-state index contributed by atoms with van der Waals surface area (Å²) in [6, 6.07) is 3.42. The van der Waals surface area contributed by atoms with Gasteiger partial charge in [0.15, 0.2) is 5.78 Å². The summed E-state index contributed by atoms with van der Waals surface area (Å²) in [4.78, 5) is 11.8. The van der Waals surface area contributed by atoms with E-state index in [1.807, 2.05) is 6.92 Å². The Kier molecular flexibility index (Phi) is 2.54. The van der Waals surface area contributed by atoms with Crippen LogP contribution in [0.3, 0.4) is 0 Å². The predicted molar refractivity (Wildman–Crippen MR) is 58.3 cm³/mol. The van der Waals surface area contributed by atoms with E-state index in [0.717, 1.165) is 18.4 Å². The van der Waals surface area contributed by atoms with Crippen LogP contribution < -0.4 is 0 Å². The molecule has 0 fully saturated rings. The molecule has 1 aromatic carbocycles. The Morgan fingerprint density at radius 3 is 2.79 bits per heavy atom. The number of benzene rings is 1. The molecule has 0 amide bonds. The van der Waals surface area contributed by atoms with Crippen LogP contribution in [0.15, 0.2) is 12.1 Å². The fourth-order valence-electron chi connectivity index (χ4n) is 1.83. The van der Waals surface area contributed by atoms with Crippen LogP contribution in [0.5, 0.6) is 0 Å². The molecule has 0 heterocycles. The number of fused-ring (bicyclic) bond motifs is 1. The number of ketones is 1.